The van der Waals surface area contributed by atoms with Crippen molar-refractivity contribution in [3.05, 3.63) is 72.6 Å². The summed E-state index contributed by atoms with van der Waals surface area (Å²) in [5.74, 6) is 0. The molecule has 0 aliphatic heterocycles. The van der Waals surface area contributed by atoms with Crippen LogP contribution in [0.4, 0.5) is 11.4 Å². The Kier molecular flexibility index (Phi) is 13.9. The summed E-state index contributed by atoms with van der Waals surface area (Å²) in [5, 5.41) is 3.88. The molecule has 0 saturated heterocycles. The molecule has 2 nitrogen and oxygen atoms in total. The van der Waals surface area contributed by atoms with Crippen molar-refractivity contribution in [2.45, 2.75) is 34.6 Å². The van der Waals surface area contributed by atoms with Crippen molar-refractivity contribution in [2.75, 3.05) is 17.3 Å². The van der Waals surface area contributed by atoms with Gasteiger partial charge in [0.2, 0.25) is 0 Å². The van der Waals surface area contributed by atoms with E-state index in [9.17, 15) is 0 Å². The van der Waals surface area contributed by atoms with Gasteiger partial charge in [0.15, 0.2) is 0 Å². The summed E-state index contributed by atoms with van der Waals surface area (Å²) in [6.45, 7) is 21.3. The molecule has 3 heteroatoms. The molecule has 0 fully saturated rings. The minimum absolute atomic E-state index is 0.675. The van der Waals surface area contributed by atoms with Crippen LogP contribution < -0.4 is 10.2 Å². The van der Waals surface area contributed by atoms with Crippen LogP contribution in [-0.4, -0.2) is 7.05 Å². The van der Waals surface area contributed by atoms with E-state index in [1.165, 1.54) is 0 Å². The van der Waals surface area contributed by atoms with Crippen molar-refractivity contribution < 1.29 is 0 Å². The lowest BCUT2D eigenvalue weighted by Crippen LogP contribution is -2.16. The summed E-state index contributed by atoms with van der Waals surface area (Å²) < 4.78 is 0. The molecule has 0 amide bonds. The van der Waals surface area contributed by atoms with Crippen LogP contribution in [-0.2, 0) is 0 Å². The molecule has 0 atom stereocenters. The van der Waals surface area contributed by atoms with Gasteiger partial charge in [0.05, 0.1) is 11.4 Å². The molecule has 1 aromatic carbocycles. The normalized spacial score (nSPS) is 9.43. The van der Waals surface area contributed by atoms with Crippen molar-refractivity contribution in [1.29, 1.82) is 0 Å². The topological polar surface area (TPSA) is 15.3 Å². The van der Waals surface area contributed by atoms with E-state index in [1.54, 1.807) is 12.2 Å². The molecule has 0 spiro atoms. The zero-order valence-electron chi connectivity index (χ0n) is 15.4. The lowest BCUT2D eigenvalue weighted by molar-refractivity contribution is 1.14. The van der Waals surface area contributed by atoms with Crippen LogP contribution in [0.15, 0.2) is 67.6 Å². The Balaban J connectivity index is 0. The second-order valence-corrected chi connectivity index (χ2v) is 4.59. The second-order valence-electron chi connectivity index (χ2n) is 4.16. The summed E-state index contributed by atoms with van der Waals surface area (Å²) in [5.41, 5.74) is 3.69. The van der Waals surface area contributed by atoms with Gasteiger partial charge in [0.25, 0.3) is 0 Å². The van der Waals surface area contributed by atoms with Crippen molar-refractivity contribution in [2.24, 2.45) is 0 Å². The van der Waals surface area contributed by atoms with E-state index >= 15 is 0 Å². The zero-order valence-corrected chi connectivity index (χ0v) is 16.2. The lowest BCUT2D eigenvalue weighted by atomic mass is 10.2. The van der Waals surface area contributed by atoms with E-state index in [2.05, 4.69) is 25.1 Å². The number of hydrogen-bond donors (Lipinski definition) is 1. The summed E-state index contributed by atoms with van der Waals surface area (Å²) in [6.07, 6.45) is 5.41. The molecule has 0 aliphatic rings. The molecule has 1 rings (SSSR count). The van der Waals surface area contributed by atoms with Crippen LogP contribution in [0, 0.1) is 0 Å². The SMILES string of the molecule is C=C/C=C(\C=C)N(C)c1ccc(Cl)cc1NC(=C)C.CC.CC. The Morgan fingerprint density at radius 1 is 1.17 bits per heavy atom. The minimum Gasteiger partial charge on any atom is -0.358 e. The summed E-state index contributed by atoms with van der Waals surface area (Å²) in [4.78, 5) is 2.01. The number of allylic oxidation sites excluding steroid dienone is 4. The van der Waals surface area contributed by atoms with Crippen molar-refractivity contribution >= 4 is 23.0 Å². The van der Waals surface area contributed by atoms with Crippen molar-refractivity contribution in [3.8, 4) is 0 Å². The fourth-order valence-electron chi connectivity index (χ4n) is 1.71. The fourth-order valence-corrected chi connectivity index (χ4v) is 1.88. The maximum atomic E-state index is 6.04. The van der Waals surface area contributed by atoms with E-state index in [0.717, 1.165) is 22.8 Å². The molecule has 128 valence electrons. The molecule has 0 aliphatic carbocycles. The van der Waals surface area contributed by atoms with Gasteiger partial charge < -0.3 is 10.2 Å². The van der Waals surface area contributed by atoms with Gasteiger partial charge in [-0.3, -0.25) is 0 Å². The Morgan fingerprint density at radius 2 is 1.74 bits per heavy atom. The first-order valence-electron chi connectivity index (χ1n) is 7.90. The predicted octanol–water partition coefficient (Wildman–Crippen LogP) is 7.03. The highest BCUT2D eigenvalue weighted by Crippen LogP contribution is 2.31. The smallest absolute Gasteiger partial charge is 0.0648 e. The zero-order chi connectivity index (χ0) is 18.4. The standard InChI is InChI=1S/C16H19ClN2.2C2H6/c1-6-8-14(7-2)19(5)16-10-9-13(17)11-15(16)18-12(3)4;2*1-2/h6-11,18H,1-3H2,4-5H3;2*1-2H3/b14-8+;;. The first-order chi connectivity index (χ1) is 11.0. The van der Waals surface area contributed by atoms with Gasteiger partial charge in [-0.2, -0.15) is 0 Å². The van der Waals surface area contributed by atoms with E-state index < -0.39 is 0 Å². The highest BCUT2D eigenvalue weighted by atomic mass is 35.5. The maximum absolute atomic E-state index is 6.04. The van der Waals surface area contributed by atoms with Crippen molar-refractivity contribution in [1.82, 2.24) is 0 Å². The van der Waals surface area contributed by atoms with Gasteiger partial charge in [-0.1, -0.05) is 65.1 Å². The Hall–Kier alpha value is -1.93. The van der Waals surface area contributed by atoms with Crippen LogP contribution in [0.1, 0.15) is 34.6 Å². The Labute approximate surface area is 147 Å². The van der Waals surface area contributed by atoms with Gasteiger partial charge in [0.1, 0.15) is 0 Å². The van der Waals surface area contributed by atoms with Crippen molar-refractivity contribution in [3.63, 3.8) is 0 Å². The Morgan fingerprint density at radius 3 is 2.17 bits per heavy atom. The van der Waals surface area contributed by atoms with Crippen LogP contribution >= 0.6 is 11.6 Å². The molecule has 1 N–H and O–H groups in total. The molecule has 1 aromatic rings. The molecule has 0 unspecified atom stereocenters. The average molecular weight is 335 g/mol. The number of nitrogens with one attached hydrogen (secondary N) is 1. The van der Waals surface area contributed by atoms with E-state index in [0.29, 0.717) is 5.02 Å². The number of anilines is 2. The van der Waals surface area contributed by atoms with E-state index in [4.69, 9.17) is 11.6 Å². The average Bonchev–Trinajstić information content (AvgIpc) is 2.55. The first kappa shape index (κ1) is 23.3. The lowest BCUT2D eigenvalue weighted by Gasteiger charge is -2.24. The summed E-state index contributed by atoms with van der Waals surface area (Å²) >= 11 is 6.04. The monoisotopic (exact) mass is 334 g/mol. The predicted molar refractivity (Wildman–Crippen MR) is 109 cm³/mol. The highest BCUT2D eigenvalue weighted by Gasteiger charge is 2.10. The van der Waals surface area contributed by atoms with Crippen LogP contribution in [0.2, 0.25) is 5.02 Å². The third-order valence-corrected chi connectivity index (χ3v) is 2.79. The number of likely N-dealkylation sites (N-methyl/N-ethyl adjacent to an activating group) is 1. The number of halogens is 1. The molecule has 0 saturated carbocycles. The third kappa shape index (κ3) is 8.32. The van der Waals surface area contributed by atoms with Crippen LogP contribution in [0.3, 0.4) is 0 Å². The van der Waals surface area contributed by atoms with Gasteiger partial charge in [-0.25, -0.2) is 0 Å². The van der Waals surface area contributed by atoms with Gasteiger partial charge in [-0.15, -0.1) is 0 Å². The van der Waals surface area contributed by atoms with Gasteiger partial charge in [-0.05, 0) is 37.3 Å². The third-order valence-electron chi connectivity index (χ3n) is 2.55. The molecular formula is C20H31ClN2. The summed E-state index contributed by atoms with van der Waals surface area (Å²) in [7, 11) is 1.96. The second kappa shape index (κ2) is 13.7. The fraction of sp³-hybridized carbons (Fsp3) is 0.300. The number of nitrogens with zero attached hydrogens (tertiary/aromatic N) is 1. The maximum Gasteiger partial charge on any atom is 0.0648 e. The molecule has 0 aromatic heterocycles. The van der Waals surface area contributed by atoms with Crippen LogP contribution in [0.5, 0.6) is 0 Å². The Bertz CT molecular complexity index is 530. The molecule has 0 radical (unpaired) electrons. The van der Waals surface area contributed by atoms with Crippen LogP contribution in [0.25, 0.3) is 0 Å². The first-order valence-corrected chi connectivity index (χ1v) is 8.28. The molecule has 23 heavy (non-hydrogen) atoms. The summed E-state index contributed by atoms with van der Waals surface area (Å²) in [6, 6.07) is 5.68. The quantitative estimate of drug-likeness (QED) is 0.562. The number of hydrogen-bond acceptors (Lipinski definition) is 2. The van der Waals surface area contributed by atoms with E-state index in [-0.39, 0.29) is 0 Å². The number of benzene rings is 1. The largest absolute Gasteiger partial charge is 0.358 e. The molecular weight excluding hydrogens is 304 g/mol. The van der Waals surface area contributed by atoms with E-state index in [1.807, 2.05) is 70.8 Å². The van der Waals surface area contributed by atoms with Gasteiger partial charge in [0, 0.05) is 23.5 Å². The highest BCUT2D eigenvalue weighted by molar-refractivity contribution is 6.31. The molecule has 0 bridgehead atoms. The minimum atomic E-state index is 0.675. The number of rotatable bonds is 6. The molecule has 0 heterocycles. The van der Waals surface area contributed by atoms with Gasteiger partial charge >= 0.3 is 0 Å².